The molecule has 64 valence electrons. The first-order valence-corrected chi connectivity index (χ1v) is 3.57. The van der Waals surface area contributed by atoms with Gasteiger partial charge in [-0.25, -0.2) is 0 Å². The largest absolute Gasteiger partial charge is 0.370 e. The van der Waals surface area contributed by atoms with E-state index in [9.17, 15) is 9.59 Å². The first-order chi connectivity index (χ1) is 5.02. The molecule has 0 aliphatic rings. The Kier molecular flexibility index (Phi) is 4.26. The Morgan fingerprint density at radius 2 is 2.09 bits per heavy atom. The lowest BCUT2D eigenvalue weighted by atomic mass is 10.2. The maximum atomic E-state index is 10.5. The first-order valence-electron chi connectivity index (χ1n) is 3.57. The lowest BCUT2D eigenvalue weighted by molar-refractivity contribution is -0.121. The monoisotopic (exact) mass is 158 g/mol. The van der Waals surface area contributed by atoms with Crippen LogP contribution in [0.25, 0.3) is 0 Å². The smallest absolute Gasteiger partial charge is 0.217 e. The van der Waals surface area contributed by atoms with Crippen molar-refractivity contribution in [3.63, 3.8) is 0 Å². The van der Waals surface area contributed by atoms with E-state index in [2.05, 4.69) is 5.32 Å². The van der Waals surface area contributed by atoms with Gasteiger partial charge in [-0.1, -0.05) is 0 Å². The van der Waals surface area contributed by atoms with E-state index in [1.807, 2.05) is 6.92 Å². The summed E-state index contributed by atoms with van der Waals surface area (Å²) >= 11 is 0. The van der Waals surface area contributed by atoms with Crippen molar-refractivity contribution in [2.75, 3.05) is 0 Å². The summed E-state index contributed by atoms with van der Waals surface area (Å²) in [5.74, 6) is -0.413. The number of hydrogen-bond donors (Lipinski definition) is 2. The molecule has 0 bridgehead atoms. The predicted octanol–water partition coefficient (Wildman–Crippen LogP) is -0.223. The predicted molar refractivity (Wildman–Crippen MR) is 41.7 cm³/mol. The summed E-state index contributed by atoms with van der Waals surface area (Å²) in [4.78, 5) is 20.8. The fraction of sp³-hybridized carbons (Fsp3) is 0.714. The van der Waals surface area contributed by atoms with Crippen LogP contribution in [0.4, 0.5) is 0 Å². The average Bonchev–Trinajstić information content (AvgIpc) is 1.82. The minimum atomic E-state index is -0.331. The molecular weight excluding hydrogens is 144 g/mol. The number of rotatable bonds is 4. The molecule has 2 amide bonds. The highest BCUT2D eigenvalue weighted by Crippen LogP contribution is 1.94. The Bertz CT molecular complexity index is 157. The van der Waals surface area contributed by atoms with Gasteiger partial charge in [0.1, 0.15) is 0 Å². The standard InChI is InChI=1S/C7H14N2O2/c1-5(9-6(2)10)3-4-7(8)11/h5H,3-4H2,1-2H3,(H2,8,11)(H,9,10)/t5-/m1/s1. The van der Waals surface area contributed by atoms with Crippen LogP contribution >= 0.6 is 0 Å². The molecular formula is C7H14N2O2. The molecule has 11 heavy (non-hydrogen) atoms. The molecule has 0 aliphatic carbocycles. The van der Waals surface area contributed by atoms with Crippen LogP contribution in [0.1, 0.15) is 26.7 Å². The minimum absolute atomic E-state index is 0.0278. The fourth-order valence-electron chi connectivity index (χ4n) is 0.778. The van der Waals surface area contributed by atoms with E-state index in [1.54, 1.807) is 0 Å². The Labute approximate surface area is 66.1 Å². The zero-order valence-electron chi connectivity index (χ0n) is 6.89. The van der Waals surface area contributed by atoms with Crippen LogP contribution in [0.15, 0.2) is 0 Å². The highest BCUT2D eigenvalue weighted by Gasteiger charge is 2.04. The summed E-state index contributed by atoms with van der Waals surface area (Å²) in [5, 5.41) is 2.65. The third-order valence-electron chi connectivity index (χ3n) is 1.27. The number of primary amides is 1. The van der Waals surface area contributed by atoms with E-state index in [4.69, 9.17) is 5.73 Å². The Morgan fingerprint density at radius 3 is 2.45 bits per heavy atom. The van der Waals surface area contributed by atoms with Gasteiger partial charge in [-0.3, -0.25) is 9.59 Å². The maximum Gasteiger partial charge on any atom is 0.217 e. The van der Waals surface area contributed by atoms with Crippen molar-refractivity contribution in [2.45, 2.75) is 32.7 Å². The second kappa shape index (κ2) is 4.71. The molecule has 0 saturated heterocycles. The summed E-state index contributed by atoms with van der Waals surface area (Å²) in [7, 11) is 0. The van der Waals surface area contributed by atoms with Crippen molar-refractivity contribution >= 4 is 11.8 Å². The Hall–Kier alpha value is -1.06. The maximum absolute atomic E-state index is 10.5. The van der Waals surface area contributed by atoms with Gasteiger partial charge in [0, 0.05) is 19.4 Å². The lowest BCUT2D eigenvalue weighted by Gasteiger charge is -2.09. The van der Waals surface area contributed by atoms with Gasteiger partial charge in [-0.15, -0.1) is 0 Å². The van der Waals surface area contributed by atoms with Crippen molar-refractivity contribution in [3.8, 4) is 0 Å². The molecule has 4 nitrogen and oxygen atoms in total. The zero-order valence-corrected chi connectivity index (χ0v) is 6.89. The summed E-state index contributed by atoms with van der Waals surface area (Å²) < 4.78 is 0. The van der Waals surface area contributed by atoms with Gasteiger partial charge >= 0.3 is 0 Å². The van der Waals surface area contributed by atoms with Gasteiger partial charge in [0.25, 0.3) is 0 Å². The van der Waals surface area contributed by atoms with Crippen LogP contribution in [0.2, 0.25) is 0 Å². The van der Waals surface area contributed by atoms with Crippen LogP contribution in [0.5, 0.6) is 0 Å². The second-order valence-electron chi connectivity index (χ2n) is 2.61. The van der Waals surface area contributed by atoms with Crippen molar-refractivity contribution < 1.29 is 9.59 Å². The zero-order chi connectivity index (χ0) is 8.85. The molecule has 0 heterocycles. The van der Waals surface area contributed by atoms with Gasteiger partial charge in [0.15, 0.2) is 0 Å². The van der Waals surface area contributed by atoms with Crippen molar-refractivity contribution in [3.05, 3.63) is 0 Å². The van der Waals surface area contributed by atoms with Gasteiger partial charge in [-0.2, -0.15) is 0 Å². The Balaban J connectivity index is 3.44. The topological polar surface area (TPSA) is 72.2 Å². The SMILES string of the molecule is CC(=O)N[C@H](C)CCC(N)=O. The minimum Gasteiger partial charge on any atom is -0.370 e. The second-order valence-corrected chi connectivity index (χ2v) is 2.61. The summed E-state index contributed by atoms with van der Waals surface area (Å²) in [6.07, 6.45) is 0.927. The van der Waals surface area contributed by atoms with Crippen LogP contribution < -0.4 is 11.1 Å². The van der Waals surface area contributed by atoms with Gasteiger partial charge < -0.3 is 11.1 Å². The van der Waals surface area contributed by atoms with Crippen LogP contribution in [-0.4, -0.2) is 17.9 Å². The number of nitrogens with one attached hydrogen (secondary N) is 1. The van der Waals surface area contributed by atoms with E-state index in [0.717, 1.165) is 0 Å². The quantitative estimate of drug-likeness (QED) is 0.593. The summed E-state index contributed by atoms with van der Waals surface area (Å²) in [6, 6.07) is 0.0278. The van der Waals surface area contributed by atoms with Crippen LogP contribution in [-0.2, 0) is 9.59 Å². The normalized spacial score (nSPS) is 12.2. The average molecular weight is 158 g/mol. The molecule has 0 unspecified atom stereocenters. The number of amides is 2. The lowest BCUT2D eigenvalue weighted by Crippen LogP contribution is -2.31. The highest BCUT2D eigenvalue weighted by atomic mass is 16.1. The van der Waals surface area contributed by atoms with Gasteiger partial charge in [0.2, 0.25) is 11.8 Å². The molecule has 4 heteroatoms. The van der Waals surface area contributed by atoms with Crippen LogP contribution in [0.3, 0.4) is 0 Å². The van der Waals surface area contributed by atoms with E-state index in [-0.39, 0.29) is 17.9 Å². The number of hydrogen-bond acceptors (Lipinski definition) is 2. The van der Waals surface area contributed by atoms with Crippen molar-refractivity contribution in [2.24, 2.45) is 5.73 Å². The van der Waals surface area contributed by atoms with Crippen molar-refractivity contribution in [1.82, 2.24) is 5.32 Å². The molecule has 0 radical (unpaired) electrons. The van der Waals surface area contributed by atoms with E-state index in [1.165, 1.54) is 6.92 Å². The van der Waals surface area contributed by atoms with Crippen LogP contribution in [0, 0.1) is 0 Å². The van der Waals surface area contributed by atoms with E-state index < -0.39 is 0 Å². The number of carbonyl (C=O) groups excluding carboxylic acids is 2. The van der Waals surface area contributed by atoms with E-state index >= 15 is 0 Å². The molecule has 0 spiro atoms. The third kappa shape index (κ3) is 6.83. The molecule has 0 aromatic rings. The van der Waals surface area contributed by atoms with Gasteiger partial charge in [-0.05, 0) is 13.3 Å². The molecule has 0 fully saturated rings. The number of carbonyl (C=O) groups is 2. The number of nitrogens with two attached hydrogens (primary N) is 1. The molecule has 0 aromatic heterocycles. The molecule has 0 aliphatic heterocycles. The summed E-state index contributed by atoms with van der Waals surface area (Å²) in [6.45, 7) is 3.28. The Morgan fingerprint density at radius 1 is 1.55 bits per heavy atom. The summed E-state index contributed by atoms with van der Waals surface area (Å²) in [5.41, 5.74) is 4.92. The van der Waals surface area contributed by atoms with Crippen molar-refractivity contribution in [1.29, 1.82) is 0 Å². The fourth-order valence-corrected chi connectivity index (χ4v) is 0.778. The molecule has 1 atom stereocenters. The third-order valence-corrected chi connectivity index (χ3v) is 1.27. The molecule has 3 N–H and O–H groups in total. The molecule has 0 saturated carbocycles. The van der Waals surface area contributed by atoms with E-state index in [0.29, 0.717) is 12.8 Å². The first kappa shape index (κ1) is 9.94. The molecule has 0 aromatic carbocycles. The molecule has 0 rings (SSSR count). The highest BCUT2D eigenvalue weighted by molar-refractivity contribution is 5.74. The van der Waals surface area contributed by atoms with Gasteiger partial charge in [0.05, 0.1) is 0 Å².